The Kier molecular flexibility index (Phi) is 53.4. The van der Waals surface area contributed by atoms with Gasteiger partial charge in [0.05, 0.1) is 157 Å². The summed E-state index contributed by atoms with van der Waals surface area (Å²) in [4.78, 5) is 128. The number of aliphatic hydroxyl groups excluding tert-OH is 2. The van der Waals surface area contributed by atoms with Gasteiger partial charge in [0.1, 0.15) is 35.1 Å². The van der Waals surface area contributed by atoms with Gasteiger partial charge in [-0.3, -0.25) is 38.4 Å². The van der Waals surface area contributed by atoms with E-state index in [-0.39, 0.29) is 103 Å². The summed E-state index contributed by atoms with van der Waals surface area (Å²) in [5.74, 6) is -4.73. The number of benzene rings is 6. The van der Waals surface area contributed by atoms with E-state index in [0.717, 1.165) is 0 Å². The molecule has 32 nitrogen and oxygen atoms in total. The van der Waals surface area contributed by atoms with E-state index in [1.165, 1.54) is 19.7 Å². The fourth-order valence-electron chi connectivity index (χ4n) is 9.70. The number of rotatable bonds is 37. The second-order valence-corrected chi connectivity index (χ2v) is 31.6. The van der Waals surface area contributed by atoms with Crippen molar-refractivity contribution < 1.29 is 115 Å². The monoisotopic (exact) mass is 1890 g/mol. The highest BCUT2D eigenvalue weighted by molar-refractivity contribution is 7.78. The van der Waals surface area contributed by atoms with Gasteiger partial charge in [0.2, 0.25) is 0 Å². The molecule has 0 aromatic heterocycles. The molecule has 0 radical (unpaired) electrons. The van der Waals surface area contributed by atoms with Crippen molar-refractivity contribution in [3.63, 3.8) is 0 Å². The van der Waals surface area contributed by atoms with Gasteiger partial charge in [-0.05, 0) is 147 Å². The Morgan fingerprint density at radius 1 is 0.403 bits per heavy atom. The van der Waals surface area contributed by atoms with Gasteiger partial charge in [-0.2, -0.15) is 0 Å². The molecule has 6 rings (SSSR count). The number of carboxylic acids is 1. The summed E-state index contributed by atoms with van der Waals surface area (Å²) in [6.07, 6.45) is -7.50. The van der Waals surface area contributed by atoms with Gasteiger partial charge >= 0.3 is 66.0 Å². The number of hydrogen-bond donors (Lipinski definition) is 11. The maximum absolute atomic E-state index is 12.7. The Bertz CT molecular complexity index is 4360. The Hall–Kier alpha value is -9.91. The Labute approximate surface area is 762 Å². The molecule has 3 amide bonds. The fourth-order valence-corrected chi connectivity index (χ4v) is 11.3. The van der Waals surface area contributed by atoms with Crippen LogP contribution in [0.15, 0.2) is 127 Å². The molecule has 40 heteroatoms. The number of thiocarbonyl (C=S) groups is 1. The van der Waals surface area contributed by atoms with Crippen LogP contribution in [0, 0.1) is 0 Å². The molecule has 684 valence electrons. The van der Waals surface area contributed by atoms with Crippen LogP contribution in [0.1, 0.15) is 125 Å². The zero-order chi connectivity index (χ0) is 92.6. The van der Waals surface area contributed by atoms with Gasteiger partial charge in [-0.1, -0.05) is 155 Å². The number of aliphatic hydroxyl groups is 2. The second-order valence-electron chi connectivity index (χ2n) is 28.9. The Balaban J connectivity index is 0.000000797. The van der Waals surface area contributed by atoms with Crippen LogP contribution in [0.25, 0.3) is 0 Å². The van der Waals surface area contributed by atoms with Crippen molar-refractivity contribution in [2.45, 2.75) is 175 Å². The standard InChI is InChI=1S/C24H28Cl2N2O6.C21H22Cl2N2O4S.C19H20Cl2N2O4.C11H21NO5.C9H17NO5.ClH/c1-24(2,3)34-23(31)27-14-16(13-20(29)32-4)33-21(30)12-15-8-5-6-11-19(15)28-22-17(25)9-7-10-18(22)26;1-2-28-19(26)11-15(12-24-13-30)29-20(27)10-14-6-3-4-9-18(14)25-21-16(22)7-5-8-17(21)23;1-26-17(24)10-13(11-22)27-18(25)9-12-5-2-3-8-16(12)23-19-14(20)6-4-7-15(19)21;1-5-16-9(14)6-8(13)7-12-10(15)17-11(2,3)4;1-9(2,3)15-8(14)10-5-6(11)4-7(12)13;/h5-11,16,28H,12-14H2,1-4H3,(H,27,31);3-9,13,15,25H,2,10-12H2,1H3,(H,24,30);2-8,13,23H,9-11,22H2,1H3;8,13H,5-7H2,1-4H3,(H,12,15);6,11H,4-5H2,1-3H3,(H,10,14)(H,12,13);1H. The van der Waals surface area contributed by atoms with Crippen LogP contribution >= 0.6 is 94.2 Å². The molecule has 0 aliphatic heterocycles. The third kappa shape index (κ3) is 49.5. The number of alkyl carbamates (subject to hydrolysis) is 3. The summed E-state index contributed by atoms with van der Waals surface area (Å²) in [6, 6.07) is 37.0. The minimum Gasteiger partial charge on any atom is -0.481 e. The van der Waals surface area contributed by atoms with E-state index in [4.69, 9.17) is 131 Å². The molecule has 0 saturated heterocycles. The van der Waals surface area contributed by atoms with Crippen LogP contribution in [0.2, 0.25) is 30.1 Å². The van der Waals surface area contributed by atoms with Gasteiger partial charge in [0, 0.05) is 36.7 Å². The number of esters is 7. The molecular weight excluding hydrogens is 1790 g/mol. The van der Waals surface area contributed by atoms with Crippen molar-refractivity contribution in [1.29, 1.82) is 0 Å². The van der Waals surface area contributed by atoms with Crippen LogP contribution < -0.4 is 43.0 Å². The van der Waals surface area contributed by atoms with E-state index in [1.54, 1.807) is 179 Å². The molecule has 124 heavy (non-hydrogen) atoms. The second kappa shape index (κ2) is 59.1. The Morgan fingerprint density at radius 3 is 0.984 bits per heavy atom. The van der Waals surface area contributed by atoms with Gasteiger partial charge in [-0.15, -0.1) is 12.4 Å². The van der Waals surface area contributed by atoms with Crippen molar-refractivity contribution >= 4 is 200 Å². The van der Waals surface area contributed by atoms with Crippen molar-refractivity contribution in [3.05, 3.63) is 174 Å². The zero-order valence-corrected chi connectivity index (χ0v) is 76.9. The third-order valence-electron chi connectivity index (χ3n) is 15.0. The molecule has 0 spiro atoms. The van der Waals surface area contributed by atoms with Crippen LogP contribution in [0.3, 0.4) is 0 Å². The van der Waals surface area contributed by atoms with E-state index in [0.29, 0.717) is 81.0 Å². The first kappa shape index (κ1) is 112. The molecule has 0 fully saturated rings. The van der Waals surface area contributed by atoms with Crippen LogP contribution in [-0.4, -0.2) is 194 Å². The van der Waals surface area contributed by atoms with Gasteiger partial charge < -0.3 is 106 Å². The summed E-state index contributed by atoms with van der Waals surface area (Å²) < 4.78 is 50.1. The molecule has 6 aromatic carbocycles. The summed E-state index contributed by atoms with van der Waals surface area (Å²) in [5.41, 5.74) is 10.5. The highest BCUT2D eigenvalue weighted by Gasteiger charge is 2.27. The lowest BCUT2D eigenvalue weighted by molar-refractivity contribution is -0.155. The predicted octanol–water partition coefficient (Wildman–Crippen LogP) is 15.3. The number of carboxylic acid groups (broad SMARTS) is 1. The van der Waals surface area contributed by atoms with Crippen molar-refractivity contribution in [1.82, 2.24) is 21.3 Å². The molecule has 0 saturated carbocycles. The largest absolute Gasteiger partial charge is 0.481 e. The molecule has 6 aromatic rings. The highest BCUT2D eigenvalue weighted by Crippen LogP contribution is 2.37. The number of anilines is 6. The fraction of sp³-hybridized carbons (Fsp3) is 0.429. The van der Waals surface area contributed by atoms with Crippen LogP contribution in [0.5, 0.6) is 0 Å². The summed E-state index contributed by atoms with van der Waals surface area (Å²) in [7, 11) is 2.49. The number of carbonyl (C=O) groups excluding carboxylic acids is 10. The first-order valence-electron chi connectivity index (χ1n) is 38.1. The van der Waals surface area contributed by atoms with Crippen molar-refractivity contribution in [2.75, 3.05) is 76.1 Å². The molecule has 5 atom stereocenters. The number of carbonyl (C=O) groups is 11. The zero-order valence-electron chi connectivity index (χ0n) is 70.8. The van der Waals surface area contributed by atoms with Gasteiger partial charge in [0.25, 0.3) is 0 Å². The van der Waals surface area contributed by atoms with Crippen LogP contribution in [-0.2, 0) is 105 Å². The number of para-hydroxylation sites is 6. The quantitative estimate of drug-likeness (QED) is 0.00980. The number of nitrogens with one attached hydrogen (secondary N) is 7. The number of aliphatic carboxylic acids is 1. The number of methoxy groups -OCH3 is 2. The molecule has 0 aliphatic carbocycles. The van der Waals surface area contributed by atoms with Gasteiger partial charge in [-0.25, -0.2) is 14.4 Å². The first-order valence-corrected chi connectivity index (χ1v) is 40.8. The van der Waals surface area contributed by atoms with Gasteiger partial charge in [0.15, 0.2) is 0 Å². The topological polar surface area (TPSA) is 451 Å². The number of halogens is 7. The third-order valence-corrected chi connectivity index (χ3v) is 17.1. The number of amides is 3. The lowest BCUT2D eigenvalue weighted by Crippen LogP contribution is -2.39. The number of nitrogens with two attached hydrogens (primary N) is 1. The van der Waals surface area contributed by atoms with E-state index < -0.39 is 120 Å². The van der Waals surface area contributed by atoms with Crippen molar-refractivity contribution in [3.8, 4) is 0 Å². The first-order chi connectivity index (χ1) is 57.8. The SMILES string of the molecule is CC(C)(C)OC(=O)NCC(O)CC(=O)O.CCOC(=O)CC(CNC=S)OC(=O)Cc1ccccc1Nc1c(Cl)cccc1Cl.CCOC(=O)CC(O)CNC(=O)OC(C)(C)C.COC(=O)CC(CN)OC(=O)Cc1ccccc1Nc1c(Cl)cccc1Cl.COC(=O)CC(CNC(=O)OC(C)(C)C)OC(=O)Cc1ccccc1Nc1c(Cl)cccc1Cl.Cl. The minimum atomic E-state index is -1.12. The van der Waals surface area contributed by atoms with E-state index >= 15 is 0 Å². The van der Waals surface area contributed by atoms with Crippen LogP contribution in [0.4, 0.5) is 48.5 Å². The van der Waals surface area contributed by atoms with E-state index in [2.05, 4.69) is 51.4 Å². The molecular formula is C84H109Cl7N8O24S. The molecule has 12 N–H and O–H groups in total. The molecule has 0 bridgehead atoms. The normalized spacial score (nSPS) is 11.8. The molecule has 5 unspecified atom stereocenters. The molecule has 0 heterocycles. The average Bonchev–Trinajstić information content (AvgIpc) is 0.841. The number of ether oxygens (including phenoxy) is 10. The summed E-state index contributed by atoms with van der Waals surface area (Å²) in [5, 5.41) is 49.0. The summed E-state index contributed by atoms with van der Waals surface area (Å²) >= 11 is 42.1. The summed E-state index contributed by atoms with van der Waals surface area (Å²) in [6.45, 7) is 19.4. The van der Waals surface area contributed by atoms with E-state index in [1.807, 2.05) is 24.3 Å². The van der Waals surface area contributed by atoms with Crippen molar-refractivity contribution in [2.24, 2.45) is 5.73 Å². The highest BCUT2D eigenvalue weighted by atomic mass is 35.5. The molecule has 0 aliphatic rings. The average molecular weight is 1900 g/mol. The lowest BCUT2D eigenvalue weighted by Gasteiger charge is -2.22. The lowest BCUT2D eigenvalue weighted by atomic mass is 10.1. The Morgan fingerprint density at radius 2 is 0.685 bits per heavy atom. The number of hydrogen-bond acceptors (Lipinski definition) is 28. The predicted molar refractivity (Wildman–Crippen MR) is 480 cm³/mol. The maximum Gasteiger partial charge on any atom is 0.407 e. The van der Waals surface area contributed by atoms with E-state index in [9.17, 15) is 57.8 Å². The minimum absolute atomic E-state index is 0. The smallest absolute Gasteiger partial charge is 0.407 e. The maximum atomic E-state index is 12.7.